The topological polar surface area (TPSA) is 55.2 Å². The van der Waals surface area contributed by atoms with Gasteiger partial charge in [0, 0.05) is 25.3 Å². The Morgan fingerprint density at radius 1 is 1.27 bits per heavy atom. The van der Waals surface area contributed by atoms with E-state index in [1.807, 2.05) is 13.8 Å². The lowest BCUT2D eigenvalue weighted by Gasteiger charge is -2.27. The molecule has 0 saturated carbocycles. The molecule has 0 atom stereocenters. The van der Waals surface area contributed by atoms with Crippen LogP contribution in [0.4, 0.5) is 4.39 Å². The van der Waals surface area contributed by atoms with Gasteiger partial charge in [-0.1, -0.05) is 6.07 Å². The standard InChI is InChI=1S/C15H18FN3O2S/c1-11(2)19-10-15(8-17-19)22(20,21)18-6-5-12-3-4-14(16)7-13(12)9-18/h3-4,7-8,10-11H,5-6,9H2,1-2H3. The molecule has 1 aliphatic rings. The molecular formula is C15H18FN3O2S. The fourth-order valence-corrected chi connectivity index (χ4v) is 3.95. The molecule has 1 aromatic carbocycles. The van der Waals surface area contributed by atoms with Crippen molar-refractivity contribution in [3.63, 3.8) is 0 Å². The first kappa shape index (κ1) is 15.2. The molecule has 22 heavy (non-hydrogen) atoms. The van der Waals surface area contributed by atoms with Gasteiger partial charge < -0.3 is 0 Å². The van der Waals surface area contributed by atoms with E-state index in [2.05, 4.69) is 5.10 Å². The highest BCUT2D eigenvalue weighted by atomic mass is 32.2. The van der Waals surface area contributed by atoms with Crippen molar-refractivity contribution >= 4 is 10.0 Å². The first-order valence-corrected chi connectivity index (χ1v) is 8.63. The van der Waals surface area contributed by atoms with Crippen molar-refractivity contribution in [1.82, 2.24) is 14.1 Å². The van der Waals surface area contributed by atoms with Crippen molar-refractivity contribution in [3.8, 4) is 0 Å². The third-order valence-electron chi connectivity index (χ3n) is 3.89. The molecule has 118 valence electrons. The summed E-state index contributed by atoms with van der Waals surface area (Å²) in [4.78, 5) is 0.182. The first-order chi connectivity index (χ1) is 10.4. The van der Waals surface area contributed by atoms with Crippen molar-refractivity contribution < 1.29 is 12.8 Å². The Kier molecular flexibility index (Phi) is 3.78. The maximum absolute atomic E-state index is 13.4. The summed E-state index contributed by atoms with van der Waals surface area (Å²) in [7, 11) is -3.60. The number of sulfonamides is 1. The lowest BCUT2D eigenvalue weighted by Crippen LogP contribution is -2.35. The molecule has 0 saturated heterocycles. The smallest absolute Gasteiger partial charge is 0.246 e. The summed E-state index contributed by atoms with van der Waals surface area (Å²) in [5, 5.41) is 4.09. The molecule has 5 nitrogen and oxygen atoms in total. The Morgan fingerprint density at radius 2 is 2.05 bits per heavy atom. The van der Waals surface area contributed by atoms with E-state index in [9.17, 15) is 12.8 Å². The Balaban J connectivity index is 1.90. The number of fused-ring (bicyclic) bond motifs is 1. The third-order valence-corrected chi connectivity index (χ3v) is 5.69. The molecule has 3 rings (SSSR count). The Hall–Kier alpha value is -1.73. The van der Waals surface area contributed by atoms with Crippen molar-refractivity contribution in [2.24, 2.45) is 0 Å². The lowest BCUT2D eigenvalue weighted by molar-refractivity contribution is 0.390. The molecule has 0 aliphatic carbocycles. The molecule has 0 unspecified atom stereocenters. The molecular weight excluding hydrogens is 305 g/mol. The van der Waals surface area contributed by atoms with Crippen LogP contribution in [0, 0.1) is 5.82 Å². The van der Waals surface area contributed by atoms with Gasteiger partial charge in [0.05, 0.1) is 6.20 Å². The zero-order valence-electron chi connectivity index (χ0n) is 12.5. The van der Waals surface area contributed by atoms with Gasteiger partial charge in [0.2, 0.25) is 10.0 Å². The second-order valence-electron chi connectivity index (χ2n) is 5.75. The maximum Gasteiger partial charge on any atom is 0.246 e. The van der Waals surface area contributed by atoms with Crippen molar-refractivity contribution in [2.75, 3.05) is 6.54 Å². The first-order valence-electron chi connectivity index (χ1n) is 7.19. The van der Waals surface area contributed by atoms with Gasteiger partial charge >= 0.3 is 0 Å². The van der Waals surface area contributed by atoms with Gasteiger partial charge in [0.25, 0.3) is 0 Å². The monoisotopic (exact) mass is 323 g/mol. The van der Waals surface area contributed by atoms with Crippen molar-refractivity contribution in [2.45, 2.75) is 37.8 Å². The molecule has 0 N–H and O–H groups in total. The second-order valence-corrected chi connectivity index (χ2v) is 7.69. The number of aromatic nitrogens is 2. The molecule has 1 aromatic heterocycles. The Labute approximate surface area is 129 Å². The number of hydrogen-bond donors (Lipinski definition) is 0. The van der Waals surface area contributed by atoms with E-state index in [1.165, 1.54) is 22.6 Å². The summed E-state index contributed by atoms with van der Waals surface area (Å²) in [5.74, 6) is -0.342. The maximum atomic E-state index is 13.4. The average Bonchev–Trinajstić information content (AvgIpc) is 2.97. The fraction of sp³-hybridized carbons (Fsp3) is 0.400. The number of nitrogens with zero attached hydrogens (tertiary/aromatic N) is 3. The van der Waals surface area contributed by atoms with Crippen molar-refractivity contribution in [1.29, 1.82) is 0 Å². The average molecular weight is 323 g/mol. The predicted octanol–water partition coefficient (Wildman–Crippen LogP) is 2.35. The van der Waals surface area contributed by atoms with Gasteiger partial charge in [-0.2, -0.15) is 9.40 Å². The SMILES string of the molecule is CC(C)n1cc(S(=O)(=O)N2CCc3ccc(F)cc3C2)cn1. The molecule has 2 aromatic rings. The van der Waals surface area contributed by atoms with E-state index in [0.29, 0.717) is 13.0 Å². The molecule has 2 heterocycles. The van der Waals surface area contributed by atoms with Crippen LogP contribution in [0.1, 0.15) is 31.0 Å². The minimum Gasteiger partial charge on any atom is -0.269 e. The van der Waals surface area contributed by atoms with E-state index in [4.69, 9.17) is 0 Å². The Morgan fingerprint density at radius 3 is 2.73 bits per heavy atom. The lowest BCUT2D eigenvalue weighted by atomic mass is 10.0. The molecule has 0 amide bonds. The van der Waals surface area contributed by atoms with Crippen LogP contribution < -0.4 is 0 Å². The molecule has 0 fully saturated rings. The van der Waals surface area contributed by atoms with Crippen LogP contribution in [0.25, 0.3) is 0 Å². The predicted molar refractivity (Wildman–Crippen MR) is 80.3 cm³/mol. The number of halogens is 1. The van der Waals surface area contributed by atoms with Crippen LogP contribution in [0.5, 0.6) is 0 Å². The highest BCUT2D eigenvalue weighted by Gasteiger charge is 2.29. The Bertz CT molecular complexity index is 799. The highest BCUT2D eigenvalue weighted by molar-refractivity contribution is 7.89. The summed E-state index contributed by atoms with van der Waals surface area (Å²) in [6.07, 6.45) is 3.50. The van der Waals surface area contributed by atoms with E-state index < -0.39 is 10.0 Å². The third kappa shape index (κ3) is 2.66. The van der Waals surface area contributed by atoms with Crippen LogP contribution in [-0.4, -0.2) is 29.0 Å². The second kappa shape index (κ2) is 5.48. The van der Waals surface area contributed by atoms with E-state index in [1.54, 1.807) is 16.9 Å². The summed E-state index contributed by atoms with van der Waals surface area (Å²) in [6.45, 7) is 4.46. The minimum absolute atomic E-state index is 0.0973. The van der Waals surface area contributed by atoms with Crippen LogP contribution in [0.3, 0.4) is 0 Å². The minimum atomic E-state index is -3.60. The van der Waals surface area contributed by atoms with E-state index >= 15 is 0 Å². The highest BCUT2D eigenvalue weighted by Crippen LogP contribution is 2.25. The summed E-state index contributed by atoms with van der Waals surface area (Å²) in [6, 6.07) is 4.65. The van der Waals surface area contributed by atoms with Gasteiger partial charge in [-0.15, -0.1) is 0 Å². The van der Waals surface area contributed by atoms with Crippen LogP contribution in [0.2, 0.25) is 0 Å². The number of hydrogen-bond acceptors (Lipinski definition) is 3. The van der Waals surface area contributed by atoms with Gasteiger partial charge in [-0.05, 0) is 43.5 Å². The van der Waals surface area contributed by atoms with Crippen LogP contribution >= 0.6 is 0 Å². The molecule has 0 bridgehead atoms. The normalized spacial score (nSPS) is 16.0. The van der Waals surface area contributed by atoms with Crippen molar-refractivity contribution in [3.05, 3.63) is 47.5 Å². The molecule has 1 aliphatic heterocycles. The summed E-state index contributed by atoms with van der Waals surface area (Å²) < 4.78 is 41.7. The fourth-order valence-electron chi connectivity index (χ4n) is 2.59. The molecule has 0 spiro atoms. The number of rotatable bonds is 3. The zero-order chi connectivity index (χ0) is 15.9. The van der Waals surface area contributed by atoms with E-state index in [0.717, 1.165) is 11.1 Å². The summed E-state index contributed by atoms with van der Waals surface area (Å²) in [5.41, 5.74) is 1.73. The van der Waals surface area contributed by atoms with E-state index in [-0.39, 0.29) is 23.3 Å². The number of benzene rings is 1. The van der Waals surface area contributed by atoms with Gasteiger partial charge in [-0.25, -0.2) is 12.8 Å². The quantitative estimate of drug-likeness (QED) is 0.871. The zero-order valence-corrected chi connectivity index (χ0v) is 13.3. The van der Waals surface area contributed by atoms with Gasteiger partial charge in [-0.3, -0.25) is 4.68 Å². The molecule has 0 radical (unpaired) electrons. The summed E-state index contributed by atoms with van der Waals surface area (Å²) >= 11 is 0. The largest absolute Gasteiger partial charge is 0.269 e. The van der Waals surface area contributed by atoms with Crippen LogP contribution in [0.15, 0.2) is 35.5 Å². The van der Waals surface area contributed by atoms with Crippen LogP contribution in [-0.2, 0) is 23.0 Å². The van der Waals surface area contributed by atoms with Gasteiger partial charge in [0.1, 0.15) is 10.7 Å². The molecule has 7 heteroatoms. The van der Waals surface area contributed by atoms with Gasteiger partial charge in [0.15, 0.2) is 0 Å².